The van der Waals surface area contributed by atoms with E-state index in [2.05, 4.69) is 20.3 Å². The van der Waals surface area contributed by atoms with Gasteiger partial charge in [0.25, 0.3) is 5.91 Å². The number of carbonyl (C=O) groups is 1. The van der Waals surface area contributed by atoms with Crippen LogP contribution in [0.5, 0.6) is 0 Å². The zero-order valence-corrected chi connectivity index (χ0v) is 17.1. The molecule has 28 heavy (non-hydrogen) atoms. The molecule has 5 heterocycles. The number of ether oxygens (including phenoxy) is 1. The standard InChI is InChI=1S/C19H19N5O2S2/c1-10-17(28-11(2)21-10)15-9-27-19(22-15)23-16-4-3-12(6-20-16)18(25)24-7-14-5-13(24)8-26-14/h3-4,6,9,13-14H,5,7-8H2,1-2H3,(H,20,22,23)/t13-,14-/m0/s1. The van der Waals surface area contributed by atoms with E-state index in [9.17, 15) is 4.79 Å². The van der Waals surface area contributed by atoms with Crippen molar-refractivity contribution < 1.29 is 9.53 Å². The molecule has 3 aromatic heterocycles. The van der Waals surface area contributed by atoms with E-state index in [1.165, 1.54) is 11.3 Å². The van der Waals surface area contributed by atoms with E-state index in [4.69, 9.17) is 4.74 Å². The Morgan fingerprint density at radius 3 is 2.86 bits per heavy atom. The van der Waals surface area contributed by atoms with Crippen LogP contribution < -0.4 is 5.32 Å². The largest absolute Gasteiger partial charge is 0.374 e. The van der Waals surface area contributed by atoms with Gasteiger partial charge in [-0.3, -0.25) is 4.79 Å². The Morgan fingerprint density at radius 2 is 2.21 bits per heavy atom. The SMILES string of the molecule is Cc1nc(C)c(-c2csc(Nc3ccc(C(=O)N4C[C@@H]5C[C@H]4CO5)cn3)n2)s1. The van der Waals surface area contributed by atoms with Crippen molar-refractivity contribution in [2.45, 2.75) is 32.4 Å². The maximum absolute atomic E-state index is 12.7. The van der Waals surface area contributed by atoms with Crippen LogP contribution in [0.2, 0.25) is 0 Å². The smallest absolute Gasteiger partial charge is 0.255 e. The second kappa shape index (κ2) is 6.91. The van der Waals surface area contributed by atoms with E-state index in [1.54, 1.807) is 17.5 Å². The van der Waals surface area contributed by atoms with Gasteiger partial charge in [0.05, 0.1) is 45.6 Å². The molecule has 144 valence electrons. The van der Waals surface area contributed by atoms with Crippen LogP contribution in [0.3, 0.4) is 0 Å². The Balaban J connectivity index is 1.28. The van der Waals surface area contributed by atoms with Crippen LogP contribution in [0, 0.1) is 13.8 Å². The van der Waals surface area contributed by atoms with Crippen molar-refractivity contribution in [2.24, 2.45) is 0 Å². The van der Waals surface area contributed by atoms with E-state index in [0.717, 1.165) is 32.8 Å². The quantitative estimate of drug-likeness (QED) is 0.703. The van der Waals surface area contributed by atoms with Crippen molar-refractivity contribution in [1.82, 2.24) is 19.9 Å². The lowest BCUT2D eigenvalue weighted by Gasteiger charge is -2.26. The molecule has 2 atom stereocenters. The van der Waals surface area contributed by atoms with Crippen LogP contribution in [-0.2, 0) is 4.74 Å². The first-order valence-electron chi connectivity index (χ1n) is 9.12. The van der Waals surface area contributed by atoms with Crippen molar-refractivity contribution >= 4 is 39.5 Å². The molecule has 7 nitrogen and oxygen atoms in total. The predicted molar refractivity (Wildman–Crippen MR) is 109 cm³/mol. The fraction of sp³-hybridized carbons (Fsp3) is 0.368. The van der Waals surface area contributed by atoms with Gasteiger partial charge in [-0.2, -0.15) is 0 Å². The summed E-state index contributed by atoms with van der Waals surface area (Å²) in [6.45, 7) is 5.33. The number of pyridine rings is 1. The zero-order chi connectivity index (χ0) is 19.3. The summed E-state index contributed by atoms with van der Waals surface area (Å²) in [5.74, 6) is 0.698. The average molecular weight is 414 g/mol. The summed E-state index contributed by atoms with van der Waals surface area (Å²) in [5.41, 5.74) is 2.53. The number of aryl methyl sites for hydroxylation is 2. The zero-order valence-electron chi connectivity index (χ0n) is 15.5. The van der Waals surface area contributed by atoms with Crippen LogP contribution in [0.15, 0.2) is 23.7 Å². The molecular weight excluding hydrogens is 394 g/mol. The van der Waals surface area contributed by atoms with Gasteiger partial charge in [-0.05, 0) is 32.4 Å². The third-order valence-corrected chi connectivity index (χ3v) is 6.90. The van der Waals surface area contributed by atoms with E-state index in [1.807, 2.05) is 36.3 Å². The average Bonchev–Trinajstić information content (AvgIpc) is 3.46. The number of aromatic nitrogens is 3. The Kier molecular flexibility index (Phi) is 4.37. The summed E-state index contributed by atoms with van der Waals surface area (Å²) in [4.78, 5) is 29.2. The van der Waals surface area contributed by atoms with Gasteiger partial charge in [0.15, 0.2) is 5.13 Å². The lowest BCUT2D eigenvalue weighted by Crippen LogP contribution is -2.41. The Hall–Kier alpha value is -2.36. The molecular formula is C19H19N5O2S2. The highest BCUT2D eigenvalue weighted by Gasteiger charge is 2.41. The maximum atomic E-state index is 12.7. The Bertz CT molecular complexity index is 1030. The summed E-state index contributed by atoms with van der Waals surface area (Å²) in [7, 11) is 0. The number of amides is 1. The molecule has 0 spiro atoms. The summed E-state index contributed by atoms with van der Waals surface area (Å²) in [6.07, 6.45) is 2.78. The van der Waals surface area contributed by atoms with Gasteiger partial charge in [-0.25, -0.2) is 15.0 Å². The number of morpholine rings is 1. The topological polar surface area (TPSA) is 80.2 Å². The predicted octanol–water partition coefficient (Wildman–Crippen LogP) is 3.64. The molecule has 2 bridgehead atoms. The van der Waals surface area contributed by atoms with E-state index in [-0.39, 0.29) is 18.1 Å². The molecule has 1 N–H and O–H groups in total. The van der Waals surface area contributed by atoms with Gasteiger partial charge in [-0.15, -0.1) is 22.7 Å². The van der Waals surface area contributed by atoms with E-state index < -0.39 is 0 Å². The molecule has 0 aliphatic carbocycles. The minimum absolute atomic E-state index is 0.0300. The fourth-order valence-corrected chi connectivity index (χ4v) is 5.39. The van der Waals surface area contributed by atoms with Crippen LogP contribution >= 0.6 is 22.7 Å². The third kappa shape index (κ3) is 3.19. The summed E-state index contributed by atoms with van der Waals surface area (Å²) in [5, 5.41) is 7.04. The number of nitrogens with one attached hydrogen (secondary N) is 1. The van der Waals surface area contributed by atoms with Crippen molar-refractivity contribution in [3.63, 3.8) is 0 Å². The van der Waals surface area contributed by atoms with Gasteiger partial charge in [-0.1, -0.05) is 0 Å². The summed E-state index contributed by atoms with van der Waals surface area (Å²) in [6, 6.07) is 3.85. The van der Waals surface area contributed by atoms with Crippen LogP contribution in [0.25, 0.3) is 10.6 Å². The van der Waals surface area contributed by atoms with Crippen LogP contribution in [0.1, 0.15) is 27.5 Å². The molecule has 2 saturated heterocycles. The molecule has 1 amide bonds. The number of fused-ring (bicyclic) bond motifs is 2. The summed E-state index contributed by atoms with van der Waals surface area (Å²) >= 11 is 3.17. The van der Waals surface area contributed by atoms with Crippen molar-refractivity contribution in [3.8, 4) is 10.6 Å². The second-order valence-electron chi connectivity index (χ2n) is 7.04. The lowest BCUT2D eigenvalue weighted by atomic mass is 10.2. The van der Waals surface area contributed by atoms with Crippen molar-refractivity contribution in [1.29, 1.82) is 0 Å². The van der Waals surface area contributed by atoms with Crippen LogP contribution in [0.4, 0.5) is 10.9 Å². The number of rotatable bonds is 4. The van der Waals surface area contributed by atoms with Crippen molar-refractivity contribution in [3.05, 3.63) is 40.0 Å². The number of nitrogens with zero attached hydrogens (tertiary/aromatic N) is 4. The molecule has 3 aromatic rings. The minimum atomic E-state index is 0.0300. The number of anilines is 2. The first-order valence-corrected chi connectivity index (χ1v) is 10.8. The van der Waals surface area contributed by atoms with Crippen molar-refractivity contribution in [2.75, 3.05) is 18.5 Å². The number of thiazole rings is 2. The van der Waals surface area contributed by atoms with Gasteiger partial charge < -0.3 is 15.0 Å². The minimum Gasteiger partial charge on any atom is -0.374 e. The van der Waals surface area contributed by atoms with E-state index in [0.29, 0.717) is 24.5 Å². The van der Waals surface area contributed by atoms with Crippen LogP contribution in [-0.4, -0.2) is 51.1 Å². The van der Waals surface area contributed by atoms with E-state index >= 15 is 0 Å². The number of likely N-dealkylation sites (tertiary alicyclic amines) is 1. The molecule has 0 radical (unpaired) electrons. The molecule has 0 aromatic carbocycles. The number of hydrogen-bond acceptors (Lipinski definition) is 8. The molecule has 2 aliphatic rings. The normalized spacial score (nSPS) is 20.7. The highest BCUT2D eigenvalue weighted by Crippen LogP contribution is 2.33. The Morgan fingerprint density at radius 1 is 1.32 bits per heavy atom. The van der Waals surface area contributed by atoms with Gasteiger partial charge in [0.1, 0.15) is 5.82 Å². The number of carbonyl (C=O) groups excluding carboxylic acids is 1. The molecule has 9 heteroatoms. The monoisotopic (exact) mass is 413 g/mol. The highest BCUT2D eigenvalue weighted by molar-refractivity contribution is 7.16. The third-order valence-electron chi connectivity index (χ3n) is 5.05. The maximum Gasteiger partial charge on any atom is 0.255 e. The highest BCUT2D eigenvalue weighted by atomic mass is 32.1. The summed E-state index contributed by atoms with van der Waals surface area (Å²) < 4.78 is 5.57. The van der Waals surface area contributed by atoms with Gasteiger partial charge in [0.2, 0.25) is 0 Å². The fourth-order valence-electron chi connectivity index (χ4n) is 3.72. The first-order chi connectivity index (χ1) is 13.6. The molecule has 2 fully saturated rings. The molecule has 0 unspecified atom stereocenters. The van der Waals surface area contributed by atoms with Gasteiger partial charge >= 0.3 is 0 Å². The second-order valence-corrected chi connectivity index (χ2v) is 9.11. The molecule has 5 rings (SSSR count). The number of hydrogen-bond donors (Lipinski definition) is 1. The first kappa shape index (κ1) is 17.7. The molecule has 2 aliphatic heterocycles. The van der Waals surface area contributed by atoms with Gasteiger partial charge in [0, 0.05) is 18.1 Å². The lowest BCUT2D eigenvalue weighted by molar-refractivity contribution is 0.0259. The Labute approximate surface area is 170 Å². The molecule has 0 saturated carbocycles.